The van der Waals surface area contributed by atoms with Crippen LogP contribution in [0.4, 0.5) is 5.69 Å². The maximum absolute atomic E-state index is 13.6. The van der Waals surface area contributed by atoms with Gasteiger partial charge in [0.2, 0.25) is 21.8 Å². The lowest BCUT2D eigenvalue weighted by molar-refractivity contribution is -0.139. The van der Waals surface area contributed by atoms with Gasteiger partial charge in [-0.1, -0.05) is 65.9 Å². The Balaban J connectivity index is 1.90. The number of amides is 2. The summed E-state index contributed by atoms with van der Waals surface area (Å²) < 4.78 is 26.2. The van der Waals surface area contributed by atoms with Crippen molar-refractivity contribution in [1.29, 1.82) is 0 Å². The Morgan fingerprint density at radius 2 is 1.71 bits per heavy atom. The number of carbonyl (C=O) groups excluding carboxylic acids is 2. The standard InChI is InChI=1S/C25H31Cl2N3O4S/c1-17-8-10-19(11-9-17)15-29(18(2)25(32)28-21-6-4-5-7-21)24(31)16-30(35(3,33)34)23-14-20(26)12-13-22(23)27/h8-14,18,21H,4-7,15-16H2,1-3H3,(H,28,32)/t18-/m1/s1. The third-order valence-electron chi connectivity index (χ3n) is 6.20. The first-order chi connectivity index (χ1) is 16.5. The molecule has 2 amide bonds. The molecule has 0 heterocycles. The number of nitrogens with one attached hydrogen (secondary N) is 1. The fourth-order valence-electron chi connectivity index (χ4n) is 4.14. The second kappa shape index (κ2) is 11.6. The van der Waals surface area contributed by atoms with Crippen LogP contribution in [0.25, 0.3) is 0 Å². The summed E-state index contributed by atoms with van der Waals surface area (Å²) in [6.45, 7) is 3.25. The first-order valence-corrected chi connectivity index (χ1v) is 14.1. The van der Waals surface area contributed by atoms with Crippen molar-refractivity contribution in [1.82, 2.24) is 10.2 Å². The first-order valence-electron chi connectivity index (χ1n) is 11.5. The number of hydrogen-bond acceptors (Lipinski definition) is 4. The Kier molecular flexibility index (Phi) is 9.07. The summed E-state index contributed by atoms with van der Waals surface area (Å²) in [6, 6.07) is 11.3. The molecule has 1 saturated carbocycles. The molecule has 1 aliphatic rings. The Labute approximate surface area is 217 Å². The van der Waals surface area contributed by atoms with Crippen molar-refractivity contribution < 1.29 is 18.0 Å². The second-order valence-electron chi connectivity index (χ2n) is 9.04. The van der Waals surface area contributed by atoms with Crippen molar-refractivity contribution in [2.45, 2.75) is 58.2 Å². The zero-order valence-electron chi connectivity index (χ0n) is 20.1. The molecule has 2 aromatic carbocycles. The molecule has 7 nitrogen and oxygen atoms in total. The van der Waals surface area contributed by atoms with E-state index in [0.717, 1.165) is 47.4 Å². The lowest BCUT2D eigenvalue weighted by atomic mass is 10.1. The minimum atomic E-state index is -3.89. The summed E-state index contributed by atoms with van der Waals surface area (Å²) in [5.74, 6) is -0.787. The van der Waals surface area contributed by atoms with E-state index in [1.807, 2.05) is 31.2 Å². The van der Waals surface area contributed by atoms with Gasteiger partial charge in [-0.15, -0.1) is 0 Å². The molecule has 0 spiro atoms. The number of sulfonamides is 1. The van der Waals surface area contributed by atoms with E-state index in [1.54, 1.807) is 6.92 Å². The van der Waals surface area contributed by atoms with Crippen molar-refractivity contribution in [2.24, 2.45) is 0 Å². The smallest absolute Gasteiger partial charge is 0.244 e. The molecular weight excluding hydrogens is 509 g/mol. The molecule has 0 radical (unpaired) electrons. The van der Waals surface area contributed by atoms with Crippen molar-refractivity contribution in [2.75, 3.05) is 17.1 Å². The summed E-state index contributed by atoms with van der Waals surface area (Å²) in [5, 5.41) is 3.46. The minimum absolute atomic E-state index is 0.0964. The van der Waals surface area contributed by atoms with Crippen LogP contribution >= 0.6 is 23.2 Å². The summed E-state index contributed by atoms with van der Waals surface area (Å²) >= 11 is 12.3. The van der Waals surface area contributed by atoms with E-state index in [4.69, 9.17) is 23.2 Å². The second-order valence-corrected chi connectivity index (χ2v) is 11.8. The molecule has 0 saturated heterocycles. The van der Waals surface area contributed by atoms with E-state index >= 15 is 0 Å². The number of halogens is 2. The molecule has 1 atom stereocenters. The van der Waals surface area contributed by atoms with Crippen molar-refractivity contribution in [3.8, 4) is 0 Å². The summed E-state index contributed by atoms with van der Waals surface area (Å²) in [4.78, 5) is 28.1. The highest BCUT2D eigenvalue weighted by Crippen LogP contribution is 2.31. The maximum Gasteiger partial charge on any atom is 0.244 e. The zero-order chi connectivity index (χ0) is 25.8. The predicted molar refractivity (Wildman–Crippen MR) is 140 cm³/mol. The SMILES string of the molecule is Cc1ccc(CN(C(=O)CN(c2cc(Cl)ccc2Cl)S(C)(=O)=O)[C@H](C)C(=O)NC2CCCC2)cc1. The average Bonchev–Trinajstić information content (AvgIpc) is 3.30. The van der Waals surface area contributed by atoms with Crippen molar-refractivity contribution in [3.05, 3.63) is 63.6 Å². The van der Waals surface area contributed by atoms with Gasteiger partial charge in [0.05, 0.1) is 17.0 Å². The number of benzene rings is 2. The molecule has 0 unspecified atom stereocenters. The molecule has 3 rings (SSSR count). The number of aryl methyl sites for hydroxylation is 1. The molecule has 1 aliphatic carbocycles. The number of nitrogens with zero attached hydrogens (tertiary/aromatic N) is 2. The maximum atomic E-state index is 13.6. The molecule has 190 valence electrons. The van der Waals surface area contributed by atoms with E-state index in [2.05, 4.69) is 5.32 Å². The van der Waals surface area contributed by atoms with Gasteiger partial charge in [0.25, 0.3) is 0 Å². The molecule has 0 bridgehead atoms. The Bertz CT molecular complexity index is 1170. The highest BCUT2D eigenvalue weighted by Gasteiger charge is 2.32. The molecule has 2 aromatic rings. The van der Waals surface area contributed by atoms with Gasteiger partial charge in [-0.25, -0.2) is 8.42 Å². The van der Waals surface area contributed by atoms with Gasteiger partial charge in [0, 0.05) is 17.6 Å². The Hall–Kier alpha value is -2.29. The third-order valence-corrected chi connectivity index (χ3v) is 7.88. The zero-order valence-corrected chi connectivity index (χ0v) is 22.5. The van der Waals surface area contributed by atoms with Gasteiger partial charge in [0.15, 0.2) is 0 Å². The van der Waals surface area contributed by atoms with Gasteiger partial charge < -0.3 is 10.2 Å². The molecule has 0 aromatic heterocycles. The summed E-state index contributed by atoms with van der Waals surface area (Å²) in [6.07, 6.45) is 4.96. The van der Waals surface area contributed by atoms with Gasteiger partial charge in [0.1, 0.15) is 12.6 Å². The first kappa shape index (κ1) is 27.3. The van der Waals surface area contributed by atoms with E-state index in [1.165, 1.54) is 23.1 Å². The number of anilines is 1. The van der Waals surface area contributed by atoms with Crippen LogP contribution in [0.2, 0.25) is 10.0 Å². The average molecular weight is 541 g/mol. The van der Waals surface area contributed by atoms with Crippen LogP contribution in [0.5, 0.6) is 0 Å². The van der Waals surface area contributed by atoms with Gasteiger partial charge in [-0.2, -0.15) is 0 Å². The number of carbonyl (C=O) groups is 2. The van der Waals surface area contributed by atoms with Crippen LogP contribution in [0.15, 0.2) is 42.5 Å². The van der Waals surface area contributed by atoms with Crippen LogP contribution < -0.4 is 9.62 Å². The quantitative estimate of drug-likeness (QED) is 0.506. The predicted octanol–water partition coefficient (Wildman–Crippen LogP) is 4.54. The fourth-order valence-corrected chi connectivity index (χ4v) is 5.43. The lowest BCUT2D eigenvalue weighted by Crippen LogP contribution is -2.52. The highest BCUT2D eigenvalue weighted by molar-refractivity contribution is 7.92. The van der Waals surface area contributed by atoms with E-state index in [0.29, 0.717) is 0 Å². The molecule has 1 N–H and O–H groups in total. The largest absolute Gasteiger partial charge is 0.352 e. The van der Waals surface area contributed by atoms with Crippen molar-refractivity contribution in [3.63, 3.8) is 0 Å². The third kappa shape index (κ3) is 7.35. The lowest BCUT2D eigenvalue weighted by Gasteiger charge is -2.32. The normalized spacial score (nSPS) is 15.0. The molecule has 10 heteroatoms. The van der Waals surface area contributed by atoms with Gasteiger partial charge in [-0.3, -0.25) is 13.9 Å². The van der Waals surface area contributed by atoms with Gasteiger partial charge >= 0.3 is 0 Å². The fraction of sp³-hybridized carbons (Fsp3) is 0.440. The Morgan fingerprint density at radius 3 is 2.31 bits per heavy atom. The van der Waals surface area contributed by atoms with E-state index in [9.17, 15) is 18.0 Å². The van der Waals surface area contributed by atoms with Crippen LogP contribution in [0.1, 0.15) is 43.7 Å². The van der Waals surface area contributed by atoms with E-state index < -0.39 is 28.5 Å². The molecule has 1 fully saturated rings. The Morgan fingerprint density at radius 1 is 1.09 bits per heavy atom. The minimum Gasteiger partial charge on any atom is -0.352 e. The number of rotatable bonds is 9. The van der Waals surface area contributed by atoms with Crippen LogP contribution in [-0.4, -0.2) is 50.0 Å². The van der Waals surface area contributed by atoms with Crippen LogP contribution in [0, 0.1) is 6.92 Å². The van der Waals surface area contributed by atoms with Crippen molar-refractivity contribution >= 4 is 50.7 Å². The van der Waals surface area contributed by atoms with Gasteiger partial charge in [-0.05, 0) is 50.5 Å². The van der Waals surface area contributed by atoms with Crippen LogP contribution in [0.3, 0.4) is 0 Å². The highest BCUT2D eigenvalue weighted by atomic mass is 35.5. The summed E-state index contributed by atoms with van der Waals surface area (Å²) in [7, 11) is -3.89. The monoisotopic (exact) mass is 539 g/mol. The van der Waals surface area contributed by atoms with Crippen LogP contribution in [-0.2, 0) is 26.2 Å². The molecule has 0 aliphatic heterocycles. The summed E-state index contributed by atoms with van der Waals surface area (Å²) in [5.41, 5.74) is 2.00. The van der Waals surface area contributed by atoms with E-state index in [-0.39, 0.29) is 34.2 Å². The number of hydrogen-bond donors (Lipinski definition) is 1. The topological polar surface area (TPSA) is 86.8 Å². The molecule has 35 heavy (non-hydrogen) atoms. The molecular formula is C25H31Cl2N3O4S.